The highest BCUT2D eigenvalue weighted by molar-refractivity contribution is 5.80. The van der Waals surface area contributed by atoms with Crippen LogP contribution in [0.25, 0.3) is 16.7 Å². The Morgan fingerprint density at radius 2 is 1.69 bits per heavy atom. The van der Waals surface area contributed by atoms with Crippen LogP contribution in [0.4, 0.5) is 4.39 Å². The summed E-state index contributed by atoms with van der Waals surface area (Å²) >= 11 is 0. The van der Waals surface area contributed by atoms with E-state index in [-0.39, 0.29) is 36.2 Å². The Balaban J connectivity index is 1.39. The summed E-state index contributed by atoms with van der Waals surface area (Å²) in [6, 6.07) is 23.4. The van der Waals surface area contributed by atoms with Gasteiger partial charge in [-0.2, -0.15) is 0 Å². The van der Waals surface area contributed by atoms with Crippen molar-refractivity contribution in [1.29, 1.82) is 0 Å². The van der Waals surface area contributed by atoms with Crippen LogP contribution in [0.3, 0.4) is 0 Å². The molecule has 0 spiro atoms. The number of hydrogen-bond acceptors (Lipinski definition) is 4. The summed E-state index contributed by atoms with van der Waals surface area (Å²) in [6.07, 6.45) is 0.610. The van der Waals surface area contributed by atoms with Crippen LogP contribution < -0.4 is 10.9 Å². The standard InChI is InChI=1S/C28H26FN5O2/c1-19(21-7-3-2-4-8-21)17-30-26(35)16-15-25-31-32-28-33(18-20-11-13-22(29)14-12-20)27(36)23-9-5-6-10-24(23)34(25)28/h2-14,19H,15-18H2,1H3,(H,30,35). The predicted octanol–water partition coefficient (Wildman–Crippen LogP) is 4.08. The van der Waals surface area contributed by atoms with E-state index in [2.05, 4.69) is 34.6 Å². The van der Waals surface area contributed by atoms with Crippen LogP contribution in [0.15, 0.2) is 83.7 Å². The van der Waals surface area contributed by atoms with Crippen molar-refractivity contribution < 1.29 is 9.18 Å². The molecule has 182 valence electrons. The lowest BCUT2D eigenvalue weighted by molar-refractivity contribution is -0.121. The molecule has 0 saturated carbocycles. The number of benzene rings is 3. The fourth-order valence-corrected chi connectivity index (χ4v) is 4.37. The van der Waals surface area contributed by atoms with Gasteiger partial charge in [0.15, 0.2) is 0 Å². The van der Waals surface area contributed by atoms with Gasteiger partial charge in [-0.05, 0) is 41.3 Å². The number of nitrogens with one attached hydrogen (secondary N) is 1. The molecular formula is C28H26FN5O2. The van der Waals surface area contributed by atoms with Crippen LogP contribution in [-0.4, -0.2) is 31.6 Å². The monoisotopic (exact) mass is 483 g/mol. The van der Waals surface area contributed by atoms with E-state index < -0.39 is 0 Å². The maximum atomic E-state index is 13.4. The maximum absolute atomic E-state index is 13.4. The zero-order chi connectivity index (χ0) is 25.1. The summed E-state index contributed by atoms with van der Waals surface area (Å²) in [7, 11) is 0. The lowest BCUT2D eigenvalue weighted by Crippen LogP contribution is -2.28. The first-order valence-corrected chi connectivity index (χ1v) is 11.9. The Morgan fingerprint density at radius 3 is 2.47 bits per heavy atom. The Kier molecular flexibility index (Phi) is 6.58. The third-order valence-corrected chi connectivity index (χ3v) is 6.38. The summed E-state index contributed by atoms with van der Waals surface area (Å²) in [5.74, 6) is 0.778. The van der Waals surface area contributed by atoms with Crippen LogP contribution in [0, 0.1) is 5.82 Å². The Morgan fingerprint density at radius 1 is 0.972 bits per heavy atom. The average molecular weight is 484 g/mol. The SMILES string of the molecule is CC(CNC(=O)CCc1nnc2n(Cc3ccc(F)cc3)c(=O)c3ccccc3n12)c1ccccc1. The molecule has 0 aliphatic carbocycles. The molecule has 0 aliphatic heterocycles. The smallest absolute Gasteiger partial charge is 0.263 e. The molecule has 36 heavy (non-hydrogen) atoms. The molecule has 8 heteroatoms. The molecule has 1 unspecified atom stereocenters. The van der Waals surface area contributed by atoms with Gasteiger partial charge >= 0.3 is 0 Å². The number of fused-ring (bicyclic) bond motifs is 3. The first-order chi connectivity index (χ1) is 17.5. The van der Waals surface area contributed by atoms with E-state index in [1.165, 1.54) is 22.3 Å². The summed E-state index contributed by atoms with van der Waals surface area (Å²) in [4.78, 5) is 25.9. The van der Waals surface area contributed by atoms with Gasteiger partial charge in [-0.25, -0.2) is 4.39 Å². The lowest BCUT2D eigenvalue weighted by atomic mass is 10.0. The van der Waals surface area contributed by atoms with Crippen LogP contribution in [0.2, 0.25) is 0 Å². The second-order valence-corrected chi connectivity index (χ2v) is 8.90. The van der Waals surface area contributed by atoms with E-state index in [0.29, 0.717) is 35.5 Å². The van der Waals surface area contributed by atoms with Crippen LogP contribution in [0.1, 0.15) is 36.2 Å². The molecule has 2 aromatic heterocycles. The number of carbonyl (C=O) groups excluding carboxylic acids is 1. The highest BCUT2D eigenvalue weighted by atomic mass is 19.1. The first-order valence-electron chi connectivity index (χ1n) is 11.9. The molecule has 0 radical (unpaired) electrons. The zero-order valence-electron chi connectivity index (χ0n) is 19.9. The number of aromatic nitrogens is 4. The molecule has 5 aromatic rings. The number of rotatable bonds is 8. The Hall–Kier alpha value is -4.33. The number of nitrogens with zero attached hydrogens (tertiary/aromatic N) is 4. The summed E-state index contributed by atoms with van der Waals surface area (Å²) < 4.78 is 16.7. The van der Waals surface area contributed by atoms with Gasteiger partial charge in [-0.1, -0.05) is 61.5 Å². The highest BCUT2D eigenvalue weighted by Gasteiger charge is 2.17. The quantitative estimate of drug-likeness (QED) is 0.361. The van der Waals surface area contributed by atoms with E-state index in [1.807, 2.05) is 40.8 Å². The van der Waals surface area contributed by atoms with Crippen molar-refractivity contribution in [2.75, 3.05) is 6.54 Å². The van der Waals surface area contributed by atoms with Gasteiger partial charge in [0.05, 0.1) is 17.4 Å². The largest absolute Gasteiger partial charge is 0.355 e. The van der Waals surface area contributed by atoms with Gasteiger partial charge in [-0.3, -0.25) is 18.6 Å². The molecule has 5 rings (SSSR count). The minimum absolute atomic E-state index is 0.0709. The second kappa shape index (κ2) is 10.1. The molecule has 0 aliphatic rings. The van der Waals surface area contributed by atoms with E-state index in [1.54, 1.807) is 18.2 Å². The van der Waals surface area contributed by atoms with E-state index >= 15 is 0 Å². The predicted molar refractivity (Wildman–Crippen MR) is 136 cm³/mol. The maximum Gasteiger partial charge on any atom is 0.263 e. The van der Waals surface area contributed by atoms with Gasteiger partial charge in [0.1, 0.15) is 11.6 Å². The summed E-state index contributed by atoms with van der Waals surface area (Å²) in [6.45, 7) is 2.85. The van der Waals surface area contributed by atoms with E-state index in [0.717, 1.165) is 5.56 Å². The van der Waals surface area contributed by atoms with Gasteiger partial charge in [-0.15, -0.1) is 10.2 Å². The summed E-state index contributed by atoms with van der Waals surface area (Å²) in [5, 5.41) is 12.2. The molecule has 7 nitrogen and oxygen atoms in total. The fourth-order valence-electron chi connectivity index (χ4n) is 4.37. The van der Waals surface area contributed by atoms with Gasteiger partial charge in [0.25, 0.3) is 5.56 Å². The molecule has 1 atom stereocenters. The van der Waals surface area contributed by atoms with Crippen LogP contribution in [0.5, 0.6) is 0 Å². The summed E-state index contributed by atoms with van der Waals surface area (Å²) in [5.41, 5.74) is 2.43. The number of hydrogen-bond donors (Lipinski definition) is 1. The fraction of sp³-hybridized carbons (Fsp3) is 0.214. The average Bonchev–Trinajstić information content (AvgIpc) is 3.34. The molecule has 1 amide bonds. The number of carbonyl (C=O) groups is 1. The highest BCUT2D eigenvalue weighted by Crippen LogP contribution is 2.17. The Labute approximate surface area is 207 Å². The molecule has 3 aromatic carbocycles. The number of aryl methyl sites for hydroxylation is 1. The molecular weight excluding hydrogens is 457 g/mol. The van der Waals surface area contributed by atoms with Crippen molar-refractivity contribution >= 4 is 22.6 Å². The van der Waals surface area contributed by atoms with Crippen molar-refractivity contribution in [2.45, 2.75) is 32.2 Å². The van der Waals surface area contributed by atoms with Crippen molar-refractivity contribution in [3.8, 4) is 0 Å². The third-order valence-electron chi connectivity index (χ3n) is 6.38. The number of para-hydroxylation sites is 1. The first kappa shape index (κ1) is 23.4. The third kappa shape index (κ3) is 4.75. The molecule has 0 fully saturated rings. The van der Waals surface area contributed by atoms with Gasteiger partial charge in [0, 0.05) is 19.4 Å². The van der Waals surface area contributed by atoms with E-state index in [4.69, 9.17) is 0 Å². The number of halogens is 1. The molecule has 0 bridgehead atoms. The normalized spacial score (nSPS) is 12.2. The van der Waals surface area contributed by atoms with E-state index in [9.17, 15) is 14.0 Å². The van der Waals surface area contributed by atoms with Gasteiger partial charge in [0.2, 0.25) is 11.7 Å². The van der Waals surface area contributed by atoms with Gasteiger partial charge < -0.3 is 5.32 Å². The van der Waals surface area contributed by atoms with Crippen LogP contribution in [-0.2, 0) is 17.8 Å². The molecule has 1 N–H and O–H groups in total. The Bertz CT molecular complexity index is 1580. The van der Waals surface area contributed by atoms with Crippen LogP contribution >= 0.6 is 0 Å². The second-order valence-electron chi connectivity index (χ2n) is 8.90. The van der Waals surface area contributed by atoms with Crippen molar-refractivity contribution in [3.63, 3.8) is 0 Å². The van der Waals surface area contributed by atoms with Crippen molar-refractivity contribution in [1.82, 2.24) is 24.5 Å². The van der Waals surface area contributed by atoms with Crippen molar-refractivity contribution in [2.24, 2.45) is 0 Å². The number of amides is 1. The molecule has 0 saturated heterocycles. The lowest BCUT2D eigenvalue weighted by Gasteiger charge is -2.13. The minimum atomic E-state index is -0.337. The molecule has 2 heterocycles. The topological polar surface area (TPSA) is 81.3 Å². The van der Waals surface area contributed by atoms with Crippen molar-refractivity contribution in [3.05, 3.63) is 112 Å². The zero-order valence-corrected chi connectivity index (χ0v) is 19.9. The minimum Gasteiger partial charge on any atom is -0.355 e.